The maximum atomic E-state index is 15.0. The maximum Gasteiger partial charge on any atom is 0.404 e. The van der Waals surface area contributed by atoms with E-state index in [2.05, 4.69) is 35.0 Å². The van der Waals surface area contributed by atoms with Crippen molar-refractivity contribution in [2.75, 3.05) is 26.8 Å². The Hall–Kier alpha value is -3.04. The molecular formula is C32H46F4N6O4Si. The van der Waals surface area contributed by atoms with E-state index in [9.17, 15) is 22.8 Å². The van der Waals surface area contributed by atoms with Crippen LogP contribution in [0.2, 0.25) is 25.7 Å². The molecule has 1 N–H and O–H groups in total. The first kappa shape index (κ1) is 35.3. The zero-order valence-electron chi connectivity index (χ0n) is 27.8. The summed E-state index contributed by atoms with van der Waals surface area (Å²) in [7, 11) is 0.0870. The van der Waals surface area contributed by atoms with Crippen LogP contribution in [-0.4, -0.2) is 102 Å². The number of halogens is 4. The van der Waals surface area contributed by atoms with Gasteiger partial charge < -0.3 is 19.7 Å². The molecule has 2 aromatic rings. The van der Waals surface area contributed by atoms with Crippen molar-refractivity contribution < 1.29 is 36.6 Å². The normalized spacial score (nSPS) is 25.2. The summed E-state index contributed by atoms with van der Waals surface area (Å²) in [5, 5.41) is 7.60. The fourth-order valence-corrected chi connectivity index (χ4v) is 7.91. The second kappa shape index (κ2) is 14.2. The number of likely N-dealkylation sites (N-methyl/N-ethyl adjacent to an activating group) is 1. The van der Waals surface area contributed by atoms with Crippen LogP contribution in [0.1, 0.15) is 55.9 Å². The SMILES string of the molecule is CCN1CC(NC(=O)C2CC3CCC(C2)N3C(=O)c2cc(-c3cc(OC)ncc3F)n(COCC[Si](C)(C)C)n2)CCC1C(F)(F)F. The number of nitrogens with zero attached hydrogens (tertiary/aromatic N) is 5. The zero-order valence-corrected chi connectivity index (χ0v) is 28.8. The smallest absolute Gasteiger partial charge is 0.404 e. The monoisotopic (exact) mass is 682 g/mol. The minimum atomic E-state index is -4.29. The fraction of sp³-hybridized carbons (Fsp3) is 0.688. The van der Waals surface area contributed by atoms with Crippen molar-refractivity contribution in [3.8, 4) is 17.1 Å². The molecule has 4 atom stereocenters. The first-order valence-corrected chi connectivity index (χ1v) is 20.2. The molecule has 0 saturated carbocycles. The van der Waals surface area contributed by atoms with E-state index in [-0.39, 0.29) is 85.7 Å². The van der Waals surface area contributed by atoms with E-state index in [0.29, 0.717) is 25.1 Å². The molecule has 0 aromatic carbocycles. The number of aromatic nitrogens is 3. The number of hydrogen-bond acceptors (Lipinski definition) is 7. The van der Waals surface area contributed by atoms with Gasteiger partial charge in [0.25, 0.3) is 5.91 Å². The number of methoxy groups -OCH3 is 1. The Bertz CT molecular complexity index is 1420. The molecule has 15 heteroatoms. The second-order valence-corrected chi connectivity index (χ2v) is 19.8. The molecule has 260 valence electrons. The van der Waals surface area contributed by atoms with E-state index in [4.69, 9.17) is 9.47 Å². The highest BCUT2D eigenvalue weighted by Crippen LogP contribution is 2.40. The van der Waals surface area contributed by atoms with Crippen LogP contribution in [0.4, 0.5) is 17.6 Å². The quantitative estimate of drug-likeness (QED) is 0.195. The number of likely N-dealkylation sites (tertiary alicyclic amines) is 1. The topological polar surface area (TPSA) is 102 Å². The Morgan fingerprint density at radius 3 is 2.40 bits per heavy atom. The average molecular weight is 683 g/mol. The van der Waals surface area contributed by atoms with Crippen LogP contribution in [0.3, 0.4) is 0 Å². The lowest BCUT2D eigenvalue weighted by Crippen LogP contribution is -2.57. The molecule has 3 fully saturated rings. The molecule has 5 heterocycles. The molecule has 10 nitrogen and oxygen atoms in total. The molecule has 47 heavy (non-hydrogen) atoms. The lowest BCUT2D eigenvalue weighted by Gasteiger charge is -2.41. The highest BCUT2D eigenvalue weighted by molar-refractivity contribution is 6.76. The zero-order chi connectivity index (χ0) is 34.1. The first-order chi connectivity index (χ1) is 22.2. The van der Waals surface area contributed by atoms with Gasteiger partial charge in [0, 0.05) is 56.9 Å². The highest BCUT2D eigenvalue weighted by Gasteiger charge is 2.48. The Morgan fingerprint density at radius 2 is 1.79 bits per heavy atom. The van der Waals surface area contributed by atoms with Crippen LogP contribution in [0, 0.1) is 11.7 Å². The lowest BCUT2D eigenvalue weighted by molar-refractivity contribution is -0.192. The van der Waals surface area contributed by atoms with E-state index < -0.39 is 26.1 Å². The van der Waals surface area contributed by atoms with Crippen molar-refractivity contribution >= 4 is 19.9 Å². The number of amides is 2. The predicted octanol–water partition coefficient (Wildman–Crippen LogP) is 5.32. The third-order valence-electron chi connectivity index (χ3n) is 9.68. The third-order valence-corrected chi connectivity index (χ3v) is 11.4. The van der Waals surface area contributed by atoms with Crippen LogP contribution in [0.5, 0.6) is 5.88 Å². The van der Waals surface area contributed by atoms with E-state index >= 15 is 4.39 Å². The summed E-state index contributed by atoms with van der Waals surface area (Å²) < 4.78 is 68.0. The molecule has 5 rings (SSSR count). The molecule has 0 aliphatic carbocycles. The van der Waals surface area contributed by atoms with Crippen molar-refractivity contribution in [2.24, 2.45) is 5.92 Å². The molecule has 3 aliphatic rings. The Labute approximate surface area is 274 Å². The van der Waals surface area contributed by atoms with Crippen LogP contribution < -0.4 is 10.1 Å². The molecule has 0 spiro atoms. The second-order valence-electron chi connectivity index (χ2n) is 14.2. The van der Waals surface area contributed by atoms with Crippen molar-refractivity contribution in [1.82, 2.24) is 29.9 Å². The van der Waals surface area contributed by atoms with Crippen molar-refractivity contribution in [3.63, 3.8) is 0 Å². The van der Waals surface area contributed by atoms with Gasteiger partial charge in [-0.25, -0.2) is 14.1 Å². The lowest BCUT2D eigenvalue weighted by atomic mass is 9.88. The summed E-state index contributed by atoms with van der Waals surface area (Å²) in [6.45, 7) is 9.40. The Morgan fingerprint density at radius 1 is 1.09 bits per heavy atom. The van der Waals surface area contributed by atoms with Crippen molar-refractivity contribution in [1.29, 1.82) is 0 Å². The number of hydrogen-bond donors (Lipinski definition) is 1. The summed E-state index contributed by atoms with van der Waals surface area (Å²) >= 11 is 0. The van der Waals surface area contributed by atoms with Crippen LogP contribution in [-0.2, 0) is 16.3 Å². The van der Waals surface area contributed by atoms with Gasteiger partial charge in [-0.3, -0.25) is 14.5 Å². The van der Waals surface area contributed by atoms with Gasteiger partial charge in [0.05, 0.1) is 19.0 Å². The predicted molar refractivity (Wildman–Crippen MR) is 170 cm³/mol. The number of rotatable bonds is 11. The van der Waals surface area contributed by atoms with Crippen LogP contribution in [0.15, 0.2) is 18.3 Å². The van der Waals surface area contributed by atoms with E-state index in [1.54, 1.807) is 13.0 Å². The molecule has 2 aromatic heterocycles. The molecule has 3 saturated heterocycles. The minimum Gasteiger partial charge on any atom is -0.481 e. The summed E-state index contributed by atoms with van der Waals surface area (Å²) in [4.78, 5) is 34.5. The van der Waals surface area contributed by atoms with Gasteiger partial charge in [-0.15, -0.1) is 0 Å². The van der Waals surface area contributed by atoms with Gasteiger partial charge in [0.1, 0.15) is 12.8 Å². The highest BCUT2D eigenvalue weighted by atomic mass is 28.3. The Kier molecular flexibility index (Phi) is 10.7. The standard InChI is InChI=1S/C32H46F4N6O4Si/c1-6-40-18-21(7-10-28(40)32(34,35)36)38-30(43)20-13-22-8-9-23(14-20)42(22)31(44)26-16-27(24-15-29(45-2)37-17-25(24)33)41(39-26)19-46-11-12-47(3,4)5/h15-17,20-23,28H,6-14,18-19H2,1-5H3,(H,38,43). The number of pyridine rings is 1. The number of carbonyl (C=O) groups is 2. The summed E-state index contributed by atoms with van der Waals surface area (Å²) in [6.07, 6.45) is -0.590. The third kappa shape index (κ3) is 8.16. The minimum absolute atomic E-state index is 0.0343. The van der Waals surface area contributed by atoms with Crippen LogP contribution >= 0.6 is 0 Å². The van der Waals surface area contributed by atoms with Gasteiger partial charge >= 0.3 is 6.18 Å². The van der Waals surface area contributed by atoms with Gasteiger partial charge in [-0.2, -0.15) is 18.3 Å². The number of fused-ring (bicyclic) bond motifs is 2. The number of piperidine rings is 2. The Balaban J connectivity index is 1.28. The number of alkyl halides is 3. The van der Waals surface area contributed by atoms with Gasteiger partial charge in [0.2, 0.25) is 11.8 Å². The first-order valence-electron chi connectivity index (χ1n) is 16.5. The van der Waals surface area contributed by atoms with Gasteiger partial charge in [0.15, 0.2) is 11.5 Å². The van der Waals surface area contributed by atoms with Crippen molar-refractivity contribution in [3.05, 3.63) is 29.8 Å². The maximum absolute atomic E-state index is 15.0. The molecule has 2 bridgehead atoms. The number of ether oxygens (including phenoxy) is 2. The molecule has 0 radical (unpaired) electrons. The van der Waals surface area contributed by atoms with E-state index in [1.807, 2.05) is 4.90 Å². The number of nitrogens with one attached hydrogen (secondary N) is 1. The average Bonchev–Trinajstić information content (AvgIpc) is 3.55. The summed E-state index contributed by atoms with van der Waals surface area (Å²) in [5.74, 6) is -1.16. The van der Waals surface area contributed by atoms with Crippen LogP contribution in [0.25, 0.3) is 11.3 Å². The summed E-state index contributed by atoms with van der Waals surface area (Å²) in [5.41, 5.74) is 0.703. The fourth-order valence-electron chi connectivity index (χ4n) is 7.15. The van der Waals surface area contributed by atoms with Crippen molar-refractivity contribution in [2.45, 2.75) is 108 Å². The molecule has 2 amide bonds. The molecular weight excluding hydrogens is 636 g/mol. The summed E-state index contributed by atoms with van der Waals surface area (Å²) in [6, 6.07) is 1.78. The van der Waals surface area contributed by atoms with E-state index in [1.165, 1.54) is 22.8 Å². The molecule has 3 aliphatic heterocycles. The number of carbonyl (C=O) groups excluding carboxylic acids is 2. The van der Waals surface area contributed by atoms with E-state index in [0.717, 1.165) is 25.1 Å². The largest absolute Gasteiger partial charge is 0.481 e. The van der Waals surface area contributed by atoms with Gasteiger partial charge in [-0.05, 0) is 57.2 Å². The molecule has 4 unspecified atom stereocenters. The van der Waals surface area contributed by atoms with Gasteiger partial charge in [-0.1, -0.05) is 26.6 Å².